The molecule has 1 aliphatic rings. The summed E-state index contributed by atoms with van der Waals surface area (Å²) in [5, 5.41) is 0.731. The molecular formula is C22H29ClN2O2S. The van der Waals surface area contributed by atoms with Crippen molar-refractivity contribution in [2.45, 2.75) is 46.1 Å². The van der Waals surface area contributed by atoms with Crippen molar-refractivity contribution in [1.82, 2.24) is 9.21 Å². The fourth-order valence-corrected chi connectivity index (χ4v) is 6.20. The number of benzene rings is 2. The zero-order valence-corrected chi connectivity index (χ0v) is 18.9. The normalized spacial score (nSPS) is 16.5. The van der Waals surface area contributed by atoms with Gasteiger partial charge in [-0.15, -0.1) is 0 Å². The zero-order valence-electron chi connectivity index (χ0n) is 17.3. The van der Waals surface area contributed by atoms with E-state index in [2.05, 4.69) is 17.9 Å². The Morgan fingerprint density at radius 3 is 1.93 bits per heavy atom. The van der Waals surface area contributed by atoms with E-state index in [0.29, 0.717) is 31.1 Å². The minimum Gasteiger partial charge on any atom is -0.296 e. The molecule has 0 bridgehead atoms. The Morgan fingerprint density at radius 1 is 0.857 bits per heavy atom. The Hall–Kier alpha value is -1.40. The molecule has 1 heterocycles. The summed E-state index contributed by atoms with van der Waals surface area (Å²) in [5.74, 6) is 0. The Kier molecular flexibility index (Phi) is 6.20. The molecule has 2 aromatic rings. The van der Waals surface area contributed by atoms with Crippen molar-refractivity contribution in [1.29, 1.82) is 0 Å². The van der Waals surface area contributed by atoms with Crippen molar-refractivity contribution in [3.63, 3.8) is 0 Å². The summed E-state index contributed by atoms with van der Waals surface area (Å²) in [6, 6.07) is 7.84. The van der Waals surface area contributed by atoms with Gasteiger partial charge in [0.25, 0.3) is 0 Å². The topological polar surface area (TPSA) is 40.6 Å². The van der Waals surface area contributed by atoms with Crippen LogP contribution in [-0.4, -0.2) is 43.8 Å². The van der Waals surface area contributed by atoms with Crippen LogP contribution in [0.3, 0.4) is 0 Å². The molecular weight excluding hydrogens is 392 g/mol. The molecule has 6 heteroatoms. The standard InChI is InChI=1S/C22H29ClN2O2S/c1-15-16(2)18(4)22(19(5)17(15)3)28(26,27)25-11-9-24(10-12-25)14-20-7-6-8-21(23)13-20/h6-8,13H,9-12,14H2,1-5H3. The van der Waals surface area contributed by atoms with E-state index in [-0.39, 0.29) is 0 Å². The molecule has 0 spiro atoms. The summed E-state index contributed by atoms with van der Waals surface area (Å²) < 4.78 is 28.5. The maximum absolute atomic E-state index is 13.4. The average molecular weight is 421 g/mol. The number of hydrogen-bond donors (Lipinski definition) is 0. The number of halogens is 1. The van der Waals surface area contributed by atoms with Gasteiger partial charge >= 0.3 is 0 Å². The number of rotatable bonds is 4. The van der Waals surface area contributed by atoms with Crippen LogP contribution in [0.1, 0.15) is 33.4 Å². The molecule has 1 fully saturated rings. The largest absolute Gasteiger partial charge is 0.296 e. The lowest BCUT2D eigenvalue weighted by Crippen LogP contribution is -2.48. The first-order chi connectivity index (χ1) is 13.1. The molecule has 152 valence electrons. The Bertz CT molecular complexity index is 965. The number of hydrogen-bond acceptors (Lipinski definition) is 3. The van der Waals surface area contributed by atoms with Gasteiger partial charge in [0.1, 0.15) is 0 Å². The minimum absolute atomic E-state index is 0.497. The summed E-state index contributed by atoms with van der Waals surface area (Å²) in [6.07, 6.45) is 0. The molecule has 0 radical (unpaired) electrons. The molecule has 0 unspecified atom stereocenters. The highest BCUT2D eigenvalue weighted by atomic mass is 35.5. The molecule has 0 aliphatic carbocycles. The van der Waals surface area contributed by atoms with Gasteiger partial charge in [0.05, 0.1) is 4.90 Å². The molecule has 0 N–H and O–H groups in total. The van der Waals surface area contributed by atoms with Crippen molar-refractivity contribution in [2.24, 2.45) is 0 Å². The molecule has 2 aromatic carbocycles. The summed E-state index contributed by atoms with van der Waals surface area (Å²) in [6.45, 7) is 13.2. The van der Waals surface area contributed by atoms with Crippen molar-refractivity contribution in [2.75, 3.05) is 26.2 Å². The van der Waals surface area contributed by atoms with E-state index in [1.165, 1.54) is 5.56 Å². The first-order valence-corrected chi connectivity index (χ1v) is 11.5. The maximum atomic E-state index is 13.4. The Labute approximate surface area is 174 Å². The summed E-state index contributed by atoms with van der Waals surface area (Å²) in [5.41, 5.74) is 6.23. The van der Waals surface area contributed by atoms with E-state index in [9.17, 15) is 8.42 Å². The van der Waals surface area contributed by atoms with Crippen LogP contribution >= 0.6 is 11.6 Å². The lowest BCUT2D eigenvalue weighted by molar-refractivity contribution is 0.181. The van der Waals surface area contributed by atoms with E-state index in [1.807, 2.05) is 45.9 Å². The second kappa shape index (κ2) is 8.15. The number of sulfonamides is 1. The van der Waals surface area contributed by atoms with Crippen molar-refractivity contribution >= 4 is 21.6 Å². The van der Waals surface area contributed by atoms with Gasteiger partial charge in [-0.1, -0.05) is 23.7 Å². The summed E-state index contributed by atoms with van der Waals surface area (Å²) >= 11 is 6.07. The molecule has 0 atom stereocenters. The van der Waals surface area contributed by atoms with Crippen LogP contribution in [0.5, 0.6) is 0 Å². The molecule has 0 amide bonds. The fourth-order valence-electron chi connectivity index (χ4n) is 4.00. The van der Waals surface area contributed by atoms with E-state index in [4.69, 9.17) is 11.6 Å². The minimum atomic E-state index is -3.50. The average Bonchev–Trinajstić information content (AvgIpc) is 2.65. The smallest absolute Gasteiger partial charge is 0.243 e. The van der Waals surface area contributed by atoms with Crippen LogP contribution in [0, 0.1) is 34.6 Å². The first-order valence-electron chi connectivity index (χ1n) is 9.67. The molecule has 4 nitrogen and oxygen atoms in total. The highest BCUT2D eigenvalue weighted by Crippen LogP contribution is 2.32. The first kappa shape index (κ1) is 21.3. The molecule has 0 aromatic heterocycles. The van der Waals surface area contributed by atoms with Gasteiger partial charge in [0.2, 0.25) is 10.0 Å². The summed E-state index contributed by atoms with van der Waals surface area (Å²) in [7, 11) is -3.50. The van der Waals surface area contributed by atoms with Crippen LogP contribution < -0.4 is 0 Å². The lowest BCUT2D eigenvalue weighted by atomic mass is 9.95. The van der Waals surface area contributed by atoms with Crippen LogP contribution in [0.15, 0.2) is 29.2 Å². The van der Waals surface area contributed by atoms with Crippen molar-refractivity contribution in [3.05, 3.63) is 62.7 Å². The van der Waals surface area contributed by atoms with E-state index < -0.39 is 10.0 Å². The van der Waals surface area contributed by atoms with Crippen LogP contribution in [0.25, 0.3) is 0 Å². The van der Waals surface area contributed by atoms with Crippen molar-refractivity contribution in [3.8, 4) is 0 Å². The van der Waals surface area contributed by atoms with Crippen LogP contribution in [0.2, 0.25) is 5.02 Å². The molecule has 28 heavy (non-hydrogen) atoms. The molecule has 1 aliphatic heterocycles. The highest BCUT2D eigenvalue weighted by molar-refractivity contribution is 7.89. The third-order valence-corrected chi connectivity index (χ3v) is 8.56. The quantitative estimate of drug-likeness (QED) is 0.736. The summed E-state index contributed by atoms with van der Waals surface area (Å²) in [4.78, 5) is 2.78. The Morgan fingerprint density at radius 2 is 1.39 bits per heavy atom. The lowest BCUT2D eigenvalue weighted by Gasteiger charge is -2.35. The van der Waals surface area contributed by atoms with Gasteiger partial charge in [-0.2, -0.15) is 4.31 Å². The second-order valence-electron chi connectivity index (χ2n) is 7.76. The maximum Gasteiger partial charge on any atom is 0.243 e. The zero-order chi connectivity index (χ0) is 20.6. The van der Waals surface area contributed by atoms with Crippen molar-refractivity contribution < 1.29 is 8.42 Å². The third kappa shape index (κ3) is 3.99. The molecule has 0 saturated carbocycles. The van der Waals surface area contributed by atoms with Gasteiger partial charge < -0.3 is 0 Å². The van der Waals surface area contributed by atoms with Crippen LogP contribution in [0.4, 0.5) is 0 Å². The second-order valence-corrected chi connectivity index (χ2v) is 10.1. The molecule has 3 rings (SSSR count). The van der Waals surface area contributed by atoms with E-state index >= 15 is 0 Å². The van der Waals surface area contributed by atoms with Gasteiger partial charge in [0, 0.05) is 37.7 Å². The van der Waals surface area contributed by atoms with Gasteiger partial charge in [-0.25, -0.2) is 8.42 Å². The number of nitrogens with zero attached hydrogens (tertiary/aromatic N) is 2. The predicted octanol–water partition coefficient (Wildman–Crippen LogP) is 4.39. The molecule has 1 saturated heterocycles. The highest BCUT2D eigenvalue weighted by Gasteiger charge is 2.32. The monoisotopic (exact) mass is 420 g/mol. The number of piperazine rings is 1. The Balaban J connectivity index is 1.79. The van der Waals surface area contributed by atoms with Gasteiger partial charge in [-0.3, -0.25) is 4.90 Å². The van der Waals surface area contributed by atoms with E-state index in [1.54, 1.807) is 4.31 Å². The predicted molar refractivity (Wildman–Crippen MR) is 116 cm³/mol. The fraction of sp³-hybridized carbons (Fsp3) is 0.455. The van der Waals surface area contributed by atoms with Crippen LogP contribution in [-0.2, 0) is 16.6 Å². The SMILES string of the molecule is Cc1c(C)c(C)c(S(=O)(=O)N2CCN(Cc3cccc(Cl)c3)CC2)c(C)c1C. The van der Waals surface area contributed by atoms with E-state index in [0.717, 1.165) is 39.4 Å². The van der Waals surface area contributed by atoms with Gasteiger partial charge in [0.15, 0.2) is 0 Å². The van der Waals surface area contributed by atoms with Gasteiger partial charge in [-0.05, 0) is 80.1 Å². The third-order valence-electron chi connectivity index (χ3n) is 6.16.